The molecule has 8 heavy (non-hydrogen) atoms. The number of rotatable bonds is 0. The van der Waals surface area contributed by atoms with Crippen LogP contribution in [0.5, 0.6) is 0 Å². The molecule has 0 saturated carbocycles. The van der Waals surface area contributed by atoms with E-state index in [4.69, 9.17) is 0 Å². The van der Waals surface area contributed by atoms with E-state index >= 15 is 0 Å². The summed E-state index contributed by atoms with van der Waals surface area (Å²) in [5, 5.41) is 0. The van der Waals surface area contributed by atoms with E-state index < -0.39 is 0 Å². The van der Waals surface area contributed by atoms with Crippen molar-refractivity contribution in [3.05, 3.63) is 0 Å². The first-order valence-electron chi connectivity index (χ1n) is 0. The van der Waals surface area contributed by atoms with Crippen molar-refractivity contribution in [2.75, 3.05) is 0 Å². The van der Waals surface area contributed by atoms with Crippen molar-refractivity contribution in [1.82, 2.24) is 0 Å². The van der Waals surface area contributed by atoms with Crippen LogP contribution < -0.4 is 34.2 Å². The van der Waals surface area contributed by atoms with Gasteiger partial charge in [0.15, 0.2) is 0 Å². The summed E-state index contributed by atoms with van der Waals surface area (Å²) < 4.78 is 0. The molecule has 1 nitrogen and oxygen atoms in total. The fraction of sp³-hybridized carbons (Fsp3) is 0. The SMILES string of the molecule is O.[Ca+2].[Ca+2].[Ca+2].[Cl-].[Cl-].[F-].[F-].[H-].[H-]. The monoisotopic (exact) mass is 248 g/mol. The second kappa shape index (κ2) is 66.3. The summed E-state index contributed by atoms with van der Waals surface area (Å²) in [7, 11) is 0. The Morgan fingerprint density at radius 2 is 0.625 bits per heavy atom. The third-order valence-electron chi connectivity index (χ3n) is 0. The van der Waals surface area contributed by atoms with Crippen LogP contribution >= 0.6 is 0 Å². The van der Waals surface area contributed by atoms with E-state index in [0.717, 1.165) is 0 Å². The fourth-order valence-electron chi connectivity index (χ4n) is 0. The van der Waals surface area contributed by atoms with Crippen molar-refractivity contribution in [2.45, 2.75) is 0 Å². The minimum absolute atomic E-state index is 0. The van der Waals surface area contributed by atoms with Gasteiger partial charge in [-0.1, -0.05) is 0 Å². The fourth-order valence-corrected chi connectivity index (χ4v) is 0. The van der Waals surface area contributed by atoms with E-state index in [1.165, 1.54) is 0 Å². The second-order valence-electron chi connectivity index (χ2n) is 0. The Morgan fingerprint density at radius 3 is 0.625 bits per heavy atom. The molecule has 8 heteroatoms. The predicted octanol–water partition coefficient (Wildman–Crippen LogP) is -13.7. The quantitative estimate of drug-likeness (QED) is 0.382. The van der Waals surface area contributed by atoms with E-state index in [1.54, 1.807) is 0 Å². The first-order valence-corrected chi connectivity index (χ1v) is 0. The molecule has 44 valence electrons. The minimum atomic E-state index is 0. The summed E-state index contributed by atoms with van der Waals surface area (Å²) in [5.74, 6) is 0. The van der Waals surface area contributed by atoms with Crippen LogP contribution in [0.2, 0.25) is 0 Å². The Kier molecular flexibility index (Phi) is 722. The molecule has 0 aliphatic carbocycles. The zero-order valence-electron chi connectivity index (χ0n) is 6.13. The molecular formula is H4Ca3Cl2F2O. The summed E-state index contributed by atoms with van der Waals surface area (Å²) in [5.41, 5.74) is 0. The smallest absolute Gasteiger partial charge is 1.00 e. The molecule has 0 unspecified atom stereocenters. The maximum atomic E-state index is 0. The van der Waals surface area contributed by atoms with Crippen LogP contribution in [-0.2, 0) is 0 Å². The third-order valence-corrected chi connectivity index (χ3v) is 0. The molecule has 0 saturated heterocycles. The third kappa shape index (κ3) is 49.1. The average Bonchev–Trinajstić information content (AvgIpc) is 0. The van der Waals surface area contributed by atoms with Crippen LogP contribution in [0.1, 0.15) is 2.85 Å². The Bertz CT molecular complexity index is 22.5. The minimum Gasteiger partial charge on any atom is -1.00 e. The molecule has 0 aromatic rings. The summed E-state index contributed by atoms with van der Waals surface area (Å²) >= 11 is 0. The largest absolute Gasteiger partial charge is 2.00 e. The van der Waals surface area contributed by atoms with E-state index in [9.17, 15) is 0 Å². The van der Waals surface area contributed by atoms with Crippen LogP contribution in [0.4, 0.5) is 0 Å². The standard InChI is InChI=1S/3Ca.2ClH.2FH.H2O.2H/h;;;4*1H;1H2;;/q3*+2;;;;;;2*-1/p-4. The van der Waals surface area contributed by atoms with Crippen molar-refractivity contribution >= 4 is 113 Å². The van der Waals surface area contributed by atoms with Gasteiger partial charge in [-0.05, 0) is 0 Å². The Labute approximate surface area is 152 Å². The molecule has 0 aromatic carbocycles. The van der Waals surface area contributed by atoms with E-state index in [2.05, 4.69) is 0 Å². The molecule has 0 spiro atoms. The molecule has 0 atom stereocenters. The Morgan fingerprint density at radius 1 is 0.625 bits per heavy atom. The molecule has 0 aliphatic heterocycles. The van der Waals surface area contributed by atoms with Gasteiger partial charge in [-0.2, -0.15) is 0 Å². The number of halogens is 4. The summed E-state index contributed by atoms with van der Waals surface area (Å²) in [6, 6.07) is 0. The van der Waals surface area contributed by atoms with Crippen LogP contribution in [0.15, 0.2) is 0 Å². The maximum Gasteiger partial charge on any atom is 2.00 e. The number of hydrogen-bond donors (Lipinski definition) is 0. The van der Waals surface area contributed by atoms with Crippen LogP contribution in [0.25, 0.3) is 0 Å². The van der Waals surface area contributed by atoms with E-state index in [1.807, 2.05) is 0 Å². The second-order valence-corrected chi connectivity index (χ2v) is 0. The molecule has 0 heterocycles. The average molecular weight is 249 g/mol. The van der Waals surface area contributed by atoms with Crippen molar-refractivity contribution in [3.63, 3.8) is 0 Å². The molecule has 0 rings (SSSR count). The Hall–Kier alpha value is 4.18. The van der Waals surface area contributed by atoms with E-state index in [-0.39, 0.29) is 156 Å². The normalized spacial score (nSPS) is 0. The van der Waals surface area contributed by atoms with Gasteiger partial charge >= 0.3 is 113 Å². The molecule has 0 bridgehead atoms. The first-order chi connectivity index (χ1) is 0. The summed E-state index contributed by atoms with van der Waals surface area (Å²) in [6.07, 6.45) is 0. The van der Waals surface area contributed by atoms with Gasteiger partial charge in [-0.15, -0.1) is 0 Å². The van der Waals surface area contributed by atoms with E-state index in [0.29, 0.717) is 0 Å². The van der Waals surface area contributed by atoms with Gasteiger partial charge in [-0.3, -0.25) is 0 Å². The van der Waals surface area contributed by atoms with Gasteiger partial charge in [0.05, 0.1) is 0 Å². The van der Waals surface area contributed by atoms with Gasteiger partial charge < -0.3 is 42.6 Å². The van der Waals surface area contributed by atoms with Crippen molar-refractivity contribution in [2.24, 2.45) is 0 Å². The molecule has 0 aromatic heterocycles. The summed E-state index contributed by atoms with van der Waals surface area (Å²) in [4.78, 5) is 0. The Balaban J connectivity index is 0. The van der Waals surface area contributed by atoms with Crippen molar-refractivity contribution in [1.29, 1.82) is 0 Å². The first kappa shape index (κ1) is 87.1. The topological polar surface area (TPSA) is 31.5 Å². The molecule has 0 aliphatic rings. The van der Waals surface area contributed by atoms with Gasteiger partial charge in [0.2, 0.25) is 0 Å². The van der Waals surface area contributed by atoms with Gasteiger partial charge in [0.25, 0.3) is 0 Å². The van der Waals surface area contributed by atoms with Crippen LogP contribution in [0, 0.1) is 0 Å². The van der Waals surface area contributed by atoms with Crippen LogP contribution in [0.3, 0.4) is 0 Å². The molecule has 2 N–H and O–H groups in total. The maximum absolute atomic E-state index is 0. The zero-order chi connectivity index (χ0) is 0. The molecule has 0 fully saturated rings. The van der Waals surface area contributed by atoms with Gasteiger partial charge in [0, 0.05) is 0 Å². The molecule has 0 amide bonds. The summed E-state index contributed by atoms with van der Waals surface area (Å²) in [6.45, 7) is 0. The predicted molar refractivity (Wildman–Crippen MR) is 23.1 cm³/mol. The molecular weight excluding hydrogens is 245 g/mol. The molecule has 0 radical (unpaired) electrons. The van der Waals surface area contributed by atoms with Crippen molar-refractivity contribution in [3.8, 4) is 0 Å². The van der Waals surface area contributed by atoms with Crippen molar-refractivity contribution < 1.29 is 42.6 Å². The van der Waals surface area contributed by atoms with Crippen LogP contribution in [-0.4, -0.2) is 119 Å². The van der Waals surface area contributed by atoms with Gasteiger partial charge in [-0.25, -0.2) is 0 Å². The number of hydrogen-bond acceptors (Lipinski definition) is 0. The van der Waals surface area contributed by atoms with Gasteiger partial charge in [0.1, 0.15) is 0 Å². The zero-order valence-corrected chi connectivity index (χ0v) is 12.3.